The van der Waals surface area contributed by atoms with Gasteiger partial charge in [0.15, 0.2) is 0 Å². The maximum absolute atomic E-state index is 6.20. The predicted octanol–water partition coefficient (Wildman–Crippen LogP) is 3.80. The molecule has 4 heteroatoms. The van der Waals surface area contributed by atoms with E-state index in [2.05, 4.69) is 28.3 Å². The molecule has 0 aliphatic heterocycles. The Morgan fingerprint density at radius 3 is 2.87 bits per heavy atom. The highest BCUT2D eigenvalue weighted by Gasteiger charge is 2.13. The van der Waals surface area contributed by atoms with Crippen LogP contribution in [0, 0.1) is 0 Å². The van der Waals surface area contributed by atoms with Gasteiger partial charge in [-0.25, -0.2) is 0 Å². The van der Waals surface area contributed by atoms with Crippen molar-refractivity contribution >= 4 is 27.5 Å². The van der Waals surface area contributed by atoms with Crippen LogP contribution in [0.2, 0.25) is 5.02 Å². The zero-order valence-corrected chi connectivity index (χ0v) is 11.1. The minimum absolute atomic E-state index is 0.134. The number of unbranched alkanes of at least 4 members (excludes halogenated alkanes) is 1. The van der Waals surface area contributed by atoms with Crippen LogP contribution < -0.4 is 11.3 Å². The molecule has 0 aromatic heterocycles. The van der Waals surface area contributed by atoms with Crippen molar-refractivity contribution in [3.05, 3.63) is 33.3 Å². The molecule has 1 atom stereocenters. The molecule has 3 N–H and O–H groups in total. The monoisotopic (exact) mass is 290 g/mol. The smallest absolute Gasteiger partial charge is 0.0596 e. The molecule has 0 fully saturated rings. The van der Waals surface area contributed by atoms with Gasteiger partial charge in [-0.1, -0.05) is 43.5 Å². The molecule has 0 spiro atoms. The van der Waals surface area contributed by atoms with Gasteiger partial charge in [0.2, 0.25) is 0 Å². The zero-order chi connectivity index (χ0) is 11.3. The van der Waals surface area contributed by atoms with Crippen LogP contribution in [0.25, 0.3) is 0 Å². The van der Waals surface area contributed by atoms with Gasteiger partial charge in [0.1, 0.15) is 0 Å². The zero-order valence-electron chi connectivity index (χ0n) is 8.76. The number of benzene rings is 1. The summed E-state index contributed by atoms with van der Waals surface area (Å²) in [6.07, 6.45) is 3.30. The summed E-state index contributed by atoms with van der Waals surface area (Å²) in [7, 11) is 0. The molecular weight excluding hydrogens is 275 g/mol. The molecule has 2 nitrogen and oxygen atoms in total. The molecule has 1 rings (SSSR count). The number of hydrazine groups is 1. The quantitative estimate of drug-likeness (QED) is 0.640. The first kappa shape index (κ1) is 13.0. The first-order valence-corrected chi connectivity index (χ1v) is 6.27. The minimum Gasteiger partial charge on any atom is -0.271 e. The van der Waals surface area contributed by atoms with Gasteiger partial charge >= 0.3 is 0 Å². The molecule has 0 aliphatic rings. The standard InChI is InChI=1S/C11H16BrClN2/c1-2-3-7-10(15-14)8-5-4-6-9(12)11(8)13/h4-6,10,15H,2-3,7,14H2,1H3. The fourth-order valence-corrected chi connectivity index (χ4v) is 2.17. The number of nitrogens with one attached hydrogen (secondary N) is 1. The first-order valence-electron chi connectivity index (χ1n) is 5.10. The highest BCUT2D eigenvalue weighted by Crippen LogP contribution is 2.31. The van der Waals surface area contributed by atoms with Crippen LogP contribution >= 0.6 is 27.5 Å². The Bertz CT molecular complexity index is 317. The molecule has 1 aromatic rings. The van der Waals surface area contributed by atoms with Crippen LogP contribution in [0.5, 0.6) is 0 Å². The first-order chi connectivity index (χ1) is 7.20. The summed E-state index contributed by atoms with van der Waals surface area (Å²) in [4.78, 5) is 0. The van der Waals surface area contributed by atoms with Crippen LogP contribution in [0.15, 0.2) is 22.7 Å². The molecule has 0 amide bonds. The van der Waals surface area contributed by atoms with E-state index in [0.717, 1.165) is 34.3 Å². The fraction of sp³-hybridized carbons (Fsp3) is 0.455. The molecule has 1 unspecified atom stereocenters. The van der Waals surface area contributed by atoms with Crippen molar-refractivity contribution in [1.29, 1.82) is 0 Å². The van der Waals surface area contributed by atoms with E-state index in [1.807, 2.05) is 18.2 Å². The molecule has 0 saturated heterocycles. The summed E-state index contributed by atoms with van der Waals surface area (Å²) in [6.45, 7) is 2.16. The average molecular weight is 292 g/mol. The number of nitrogens with two attached hydrogens (primary N) is 1. The van der Waals surface area contributed by atoms with Crippen LogP contribution in [0.4, 0.5) is 0 Å². The maximum Gasteiger partial charge on any atom is 0.0596 e. The van der Waals surface area contributed by atoms with Crippen molar-refractivity contribution in [2.45, 2.75) is 32.2 Å². The molecule has 84 valence electrons. The highest BCUT2D eigenvalue weighted by atomic mass is 79.9. The Morgan fingerprint density at radius 2 is 2.27 bits per heavy atom. The highest BCUT2D eigenvalue weighted by molar-refractivity contribution is 9.10. The second-order valence-electron chi connectivity index (χ2n) is 3.50. The lowest BCUT2D eigenvalue weighted by atomic mass is 10.0. The van der Waals surface area contributed by atoms with Crippen molar-refractivity contribution < 1.29 is 0 Å². The second-order valence-corrected chi connectivity index (χ2v) is 4.74. The summed E-state index contributed by atoms with van der Waals surface area (Å²) in [6, 6.07) is 6.05. The number of hydrogen-bond acceptors (Lipinski definition) is 2. The number of halogens is 2. The van der Waals surface area contributed by atoms with Crippen molar-refractivity contribution in [3.8, 4) is 0 Å². The third-order valence-corrected chi connectivity index (χ3v) is 3.72. The van der Waals surface area contributed by atoms with Crippen LogP contribution in [0.1, 0.15) is 37.8 Å². The molecule has 0 heterocycles. The maximum atomic E-state index is 6.20. The van der Waals surface area contributed by atoms with Crippen molar-refractivity contribution in [3.63, 3.8) is 0 Å². The Balaban J connectivity index is 2.86. The molecule has 0 radical (unpaired) electrons. The molecular formula is C11H16BrClN2. The van der Waals surface area contributed by atoms with Crippen molar-refractivity contribution in [1.82, 2.24) is 5.43 Å². The van der Waals surface area contributed by atoms with E-state index in [1.165, 1.54) is 0 Å². The van der Waals surface area contributed by atoms with Gasteiger partial charge in [0, 0.05) is 10.5 Å². The summed E-state index contributed by atoms with van der Waals surface area (Å²) in [5, 5.41) is 0.747. The lowest BCUT2D eigenvalue weighted by molar-refractivity contribution is 0.495. The van der Waals surface area contributed by atoms with E-state index in [1.54, 1.807) is 0 Å². The van der Waals surface area contributed by atoms with E-state index < -0.39 is 0 Å². The van der Waals surface area contributed by atoms with Gasteiger partial charge in [-0.15, -0.1) is 0 Å². The van der Waals surface area contributed by atoms with Crippen LogP contribution in [-0.4, -0.2) is 0 Å². The van der Waals surface area contributed by atoms with Crippen molar-refractivity contribution in [2.75, 3.05) is 0 Å². The molecule has 1 aromatic carbocycles. The fourth-order valence-electron chi connectivity index (χ4n) is 1.53. The van der Waals surface area contributed by atoms with Gasteiger partial charge in [0.05, 0.1) is 5.02 Å². The predicted molar refractivity (Wildman–Crippen MR) is 68.7 cm³/mol. The molecule has 0 bridgehead atoms. The van der Waals surface area contributed by atoms with Gasteiger partial charge in [-0.05, 0) is 34.0 Å². The lowest BCUT2D eigenvalue weighted by Gasteiger charge is -2.17. The molecule has 15 heavy (non-hydrogen) atoms. The second kappa shape index (κ2) is 6.48. The van der Waals surface area contributed by atoms with Gasteiger partial charge in [-0.2, -0.15) is 0 Å². The van der Waals surface area contributed by atoms with Gasteiger partial charge in [0.25, 0.3) is 0 Å². The Labute approximate surface area is 104 Å². The van der Waals surface area contributed by atoms with Crippen LogP contribution in [0.3, 0.4) is 0 Å². The Morgan fingerprint density at radius 1 is 1.53 bits per heavy atom. The Kier molecular flexibility index (Phi) is 5.61. The van der Waals surface area contributed by atoms with E-state index in [4.69, 9.17) is 17.4 Å². The SMILES string of the molecule is CCCCC(NN)c1cccc(Br)c1Cl. The summed E-state index contributed by atoms with van der Waals surface area (Å²) < 4.78 is 0.915. The third-order valence-electron chi connectivity index (χ3n) is 2.40. The summed E-state index contributed by atoms with van der Waals surface area (Å²) in [5.41, 5.74) is 3.87. The topological polar surface area (TPSA) is 38.0 Å². The van der Waals surface area contributed by atoms with Crippen LogP contribution in [-0.2, 0) is 0 Å². The van der Waals surface area contributed by atoms with E-state index in [0.29, 0.717) is 0 Å². The van der Waals surface area contributed by atoms with Gasteiger partial charge < -0.3 is 0 Å². The van der Waals surface area contributed by atoms with Crippen molar-refractivity contribution in [2.24, 2.45) is 5.84 Å². The summed E-state index contributed by atoms with van der Waals surface area (Å²) in [5.74, 6) is 5.54. The number of rotatable bonds is 5. The Hall–Kier alpha value is -0.0900. The van der Waals surface area contributed by atoms with E-state index >= 15 is 0 Å². The van der Waals surface area contributed by atoms with Gasteiger partial charge in [-0.3, -0.25) is 11.3 Å². The van der Waals surface area contributed by atoms with E-state index in [-0.39, 0.29) is 6.04 Å². The average Bonchev–Trinajstić information content (AvgIpc) is 2.25. The largest absolute Gasteiger partial charge is 0.271 e. The molecule has 0 aliphatic carbocycles. The number of hydrogen-bond donors (Lipinski definition) is 2. The molecule has 0 saturated carbocycles. The summed E-state index contributed by atoms with van der Waals surface area (Å²) >= 11 is 9.61. The lowest BCUT2D eigenvalue weighted by Crippen LogP contribution is -2.28. The normalized spacial score (nSPS) is 12.8. The van der Waals surface area contributed by atoms with E-state index in [9.17, 15) is 0 Å². The third kappa shape index (κ3) is 3.45. The minimum atomic E-state index is 0.134.